The first-order valence-electron chi connectivity index (χ1n) is 9.01. The van der Waals surface area contributed by atoms with Crippen LogP contribution in [0, 0.1) is 0 Å². The number of carbonyl (C=O) groups excluding carboxylic acids is 2. The molecule has 144 valence electrons. The van der Waals surface area contributed by atoms with E-state index in [4.69, 9.17) is 4.74 Å². The average molecular weight is 388 g/mol. The number of thiazole rings is 1. The molecule has 1 saturated heterocycles. The van der Waals surface area contributed by atoms with Crippen molar-refractivity contribution in [3.8, 4) is 10.6 Å². The number of aryl methyl sites for hydroxylation is 1. The van der Waals surface area contributed by atoms with Crippen molar-refractivity contribution < 1.29 is 14.3 Å². The normalized spacial score (nSPS) is 19.6. The third-order valence-corrected chi connectivity index (χ3v) is 5.23. The maximum atomic E-state index is 12.3. The molecule has 2 heterocycles. The summed E-state index contributed by atoms with van der Waals surface area (Å²) in [5.74, 6) is -0.439. The second-order valence-corrected chi connectivity index (χ2v) is 7.49. The number of hydrogen-bond acceptors (Lipinski definition) is 5. The molecule has 0 spiro atoms. The minimum Gasteiger partial charge on any atom is -0.372 e. The molecule has 0 saturated carbocycles. The number of benzene rings is 1. The van der Waals surface area contributed by atoms with E-state index in [9.17, 15) is 9.59 Å². The highest BCUT2D eigenvalue weighted by atomic mass is 32.1. The minimum atomic E-state index is -0.439. The van der Waals surface area contributed by atoms with E-state index in [-0.39, 0.29) is 23.9 Å². The number of carbonyl (C=O) groups is 2. The molecule has 0 unspecified atom stereocenters. The van der Waals surface area contributed by atoms with E-state index in [0.29, 0.717) is 13.1 Å². The summed E-state index contributed by atoms with van der Waals surface area (Å²) < 4.78 is 5.60. The Morgan fingerprint density at radius 1 is 1.19 bits per heavy atom. The Morgan fingerprint density at radius 2 is 1.85 bits per heavy atom. The lowest BCUT2D eigenvalue weighted by molar-refractivity contribution is -0.0547. The van der Waals surface area contributed by atoms with Crippen molar-refractivity contribution in [2.24, 2.45) is 0 Å². The van der Waals surface area contributed by atoms with Crippen LogP contribution in [0.15, 0.2) is 29.6 Å². The molecule has 1 aromatic carbocycles. The van der Waals surface area contributed by atoms with Crippen molar-refractivity contribution >= 4 is 23.3 Å². The lowest BCUT2D eigenvalue weighted by Crippen LogP contribution is -2.55. The summed E-state index contributed by atoms with van der Waals surface area (Å²) >= 11 is 1.40. The van der Waals surface area contributed by atoms with E-state index in [2.05, 4.69) is 34.9 Å². The zero-order valence-corrected chi connectivity index (χ0v) is 16.5. The Bertz CT molecular complexity index is 796. The van der Waals surface area contributed by atoms with Gasteiger partial charge in [-0.2, -0.15) is 0 Å². The number of amides is 3. The molecule has 3 rings (SSSR count). The summed E-state index contributed by atoms with van der Waals surface area (Å²) in [4.78, 5) is 30.5. The minimum absolute atomic E-state index is 0.0320. The Morgan fingerprint density at radius 3 is 2.48 bits per heavy atom. The second kappa shape index (κ2) is 8.49. The smallest absolute Gasteiger partial charge is 0.336 e. The van der Waals surface area contributed by atoms with Crippen molar-refractivity contribution in [2.45, 2.75) is 39.4 Å². The van der Waals surface area contributed by atoms with Crippen LogP contribution in [0.2, 0.25) is 0 Å². The van der Waals surface area contributed by atoms with Gasteiger partial charge in [0.2, 0.25) is 0 Å². The van der Waals surface area contributed by atoms with E-state index >= 15 is 0 Å². The van der Waals surface area contributed by atoms with E-state index < -0.39 is 5.91 Å². The van der Waals surface area contributed by atoms with Crippen molar-refractivity contribution in [1.82, 2.24) is 20.7 Å². The van der Waals surface area contributed by atoms with Crippen molar-refractivity contribution in [1.29, 1.82) is 0 Å². The van der Waals surface area contributed by atoms with Crippen LogP contribution in [-0.4, -0.2) is 47.1 Å². The lowest BCUT2D eigenvalue weighted by atomic mass is 10.1. The standard InChI is InChI=1S/C19H24N4O3S/c1-4-14-5-7-15(8-6-14)18-20-16(11-27-18)17(24)21-22-19(25)23-9-12(2)26-13(3)10-23/h5-8,11-13H,4,9-10H2,1-3H3,(H,21,24)(H,22,25)/t12-,13+. The summed E-state index contributed by atoms with van der Waals surface area (Å²) in [6.07, 6.45) is 0.914. The van der Waals surface area contributed by atoms with Crippen LogP contribution >= 0.6 is 11.3 Å². The van der Waals surface area contributed by atoms with Gasteiger partial charge in [0, 0.05) is 24.0 Å². The first kappa shape index (κ1) is 19.3. The van der Waals surface area contributed by atoms with Crippen LogP contribution in [0.1, 0.15) is 36.8 Å². The summed E-state index contributed by atoms with van der Waals surface area (Å²) in [6.45, 7) is 6.91. The van der Waals surface area contributed by atoms with Crippen LogP contribution in [-0.2, 0) is 11.2 Å². The van der Waals surface area contributed by atoms with E-state index in [0.717, 1.165) is 17.0 Å². The first-order valence-corrected chi connectivity index (χ1v) is 9.89. The number of hydrogen-bond donors (Lipinski definition) is 2. The molecular formula is C19H24N4O3S. The van der Waals surface area contributed by atoms with Crippen LogP contribution in [0.25, 0.3) is 10.6 Å². The van der Waals surface area contributed by atoms with Gasteiger partial charge in [-0.25, -0.2) is 15.2 Å². The van der Waals surface area contributed by atoms with Gasteiger partial charge in [-0.15, -0.1) is 11.3 Å². The van der Waals surface area contributed by atoms with Crippen LogP contribution in [0.5, 0.6) is 0 Å². The highest BCUT2D eigenvalue weighted by Crippen LogP contribution is 2.24. The van der Waals surface area contributed by atoms with Crippen LogP contribution < -0.4 is 10.9 Å². The van der Waals surface area contributed by atoms with Crippen LogP contribution in [0.4, 0.5) is 4.79 Å². The fraction of sp³-hybridized carbons (Fsp3) is 0.421. The molecule has 1 aliphatic rings. The van der Waals surface area contributed by atoms with Gasteiger partial charge in [0.05, 0.1) is 12.2 Å². The largest absolute Gasteiger partial charge is 0.372 e. The fourth-order valence-electron chi connectivity index (χ4n) is 2.99. The summed E-state index contributed by atoms with van der Waals surface area (Å²) in [5.41, 5.74) is 7.38. The molecule has 2 atom stereocenters. The Balaban J connectivity index is 1.57. The lowest BCUT2D eigenvalue weighted by Gasteiger charge is -2.35. The number of hydrazine groups is 1. The maximum Gasteiger partial charge on any atom is 0.336 e. The van der Waals surface area contributed by atoms with Crippen LogP contribution in [0.3, 0.4) is 0 Å². The third kappa shape index (κ3) is 4.84. The van der Waals surface area contributed by atoms with Gasteiger partial charge >= 0.3 is 6.03 Å². The zero-order chi connectivity index (χ0) is 19.4. The molecule has 0 aliphatic carbocycles. The second-order valence-electron chi connectivity index (χ2n) is 6.63. The van der Waals surface area contributed by atoms with E-state index in [1.807, 2.05) is 26.0 Å². The van der Waals surface area contributed by atoms with Gasteiger partial charge in [0.15, 0.2) is 0 Å². The topological polar surface area (TPSA) is 83.6 Å². The monoisotopic (exact) mass is 388 g/mol. The number of aromatic nitrogens is 1. The van der Waals surface area contributed by atoms with E-state index in [1.165, 1.54) is 16.9 Å². The average Bonchev–Trinajstić information content (AvgIpc) is 3.15. The number of nitrogens with one attached hydrogen (secondary N) is 2. The number of morpholine rings is 1. The fourth-order valence-corrected chi connectivity index (χ4v) is 3.80. The zero-order valence-electron chi connectivity index (χ0n) is 15.7. The molecule has 27 heavy (non-hydrogen) atoms. The van der Waals surface area contributed by atoms with Gasteiger partial charge in [0.25, 0.3) is 5.91 Å². The highest BCUT2D eigenvalue weighted by Gasteiger charge is 2.26. The third-order valence-electron chi connectivity index (χ3n) is 4.34. The van der Waals surface area contributed by atoms with Crippen molar-refractivity contribution in [3.63, 3.8) is 0 Å². The molecule has 1 fully saturated rings. The summed E-state index contributed by atoms with van der Waals surface area (Å²) in [6, 6.07) is 7.77. The van der Waals surface area contributed by atoms with Gasteiger partial charge < -0.3 is 9.64 Å². The SMILES string of the molecule is CCc1ccc(-c2nc(C(=O)NNC(=O)N3C[C@@H](C)O[C@@H](C)C3)cs2)cc1. The summed E-state index contributed by atoms with van der Waals surface area (Å²) in [7, 11) is 0. The molecule has 2 N–H and O–H groups in total. The van der Waals surface area contributed by atoms with Gasteiger partial charge in [-0.1, -0.05) is 31.2 Å². The molecule has 2 aromatic rings. The van der Waals surface area contributed by atoms with Gasteiger partial charge in [0.1, 0.15) is 10.7 Å². The number of urea groups is 1. The molecular weight excluding hydrogens is 364 g/mol. The quantitative estimate of drug-likeness (QED) is 0.792. The predicted molar refractivity (Wildman–Crippen MR) is 105 cm³/mol. The summed E-state index contributed by atoms with van der Waals surface area (Å²) in [5, 5.41) is 2.45. The molecule has 8 heteroatoms. The number of rotatable bonds is 3. The molecule has 1 aromatic heterocycles. The Hall–Kier alpha value is -2.45. The molecule has 0 radical (unpaired) electrons. The van der Waals surface area contributed by atoms with Gasteiger partial charge in [-0.3, -0.25) is 10.2 Å². The molecule has 0 bridgehead atoms. The highest BCUT2D eigenvalue weighted by molar-refractivity contribution is 7.13. The Kier molecular flexibility index (Phi) is 6.08. The number of nitrogens with zero attached hydrogens (tertiary/aromatic N) is 2. The Labute approximate surface area is 162 Å². The first-order chi connectivity index (χ1) is 13.0. The number of ether oxygens (including phenoxy) is 1. The van der Waals surface area contributed by atoms with E-state index in [1.54, 1.807) is 10.3 Å². The van der Waals surface area contributed by atoms with Crippen molar-refractivity contribution in [2.75, 3.05) is 13.1 Å². The van der Waals surface area contributed by atoms with Gasteiger partial charge in [-0.05, 0) is 25.8 Å². The molecule has 3 amide bonds. The predicted octanol–water partition coefficient (Wildman–Crippen LogP) is 2.84. The maximum absolute atomic E-state index is 12.3. The van der Waals surface area contributed by atoms with Crippen molar-refractivity contribution in [3.05, 3.63) is 40.9 Å². The molecule has 1 aliphatic heterocycles. The molecule has 7 nitrogen and oxygen atoms in total.